The van der Waals surface area contributed by atoms with Crippen LogP contribution in [-0.4, -0.2) is 25.5 Å². The van der Waals surface area contributed by atoms with E-state index in [1.807, 2.05) is 12.1 Å². The van der Waals surface area contributed by atoms with Gasteiger partial charge in [-0.2, -0.15) is 0 Å². The van der Waals surface area contributed by atoms with Crippen molar-refractivity contribution < 1.29 is 14.3 Å². The number of amides is 2. The number of benzene rings is 2. The molecule has 0 aliphatic carbocycles. The van der Waals surface area contributed by atoms with Crippen molar-refractivity contribution in [1.82, 2.24) is 10.9 Å². The summed E-state index contributed by atoms with van der Waals surface area (Å²) in [5.74, 6) is -0.388. The van der Waals surface area contributed by atoms with E-state index in [1.54, 1.807) is 24.3 Å². The predicted molar refractivity (Wildman–Crippen MR) is 93.6 cm³/mol. The molecule has 0 saturated heterocycles. The third-order valence-electron chi connectivity index (χ3n) is 3.06. The fourth-order valence-electron chi connectivity index (χ4n) is 1.88. The molecule has 2 aromatic carbocycles. The number of rotatable bonds is 5. The Bertz CT molecular complexity index is 753. The number of anilines is 1. The summed E-state index contributed by atoms with van der Waals surface area (Å²) in [5, 5.41) is 3.29. The molecule has 0 aliphatic rings. The molecule has 2 rings (SSSR count). The number of ether oxygens (including phenoxy) is 1. The number of hydrogen-bond acceptors (Lipinski definition) is 4. The van der Waals surface area contributed by atoms with Crippen LogP contribution in [0, 0.1) is 0 Å². The predicted octanol–water partition coefficient (Wildman–Crippen LogP) is 2.88. The first-order valence-electron chi connectivity index (χ1n) is 6.93. The van der Waals surface area contributed by atoms with E-state index in [1.165, 1.54) is 13.2 Å². The highest BCUT2D eigenvalue weighted by Crippen LogP contribution is 2.25. The first-order chi connectivity index (χ1) is 11.5. The molecule has 3 N–H and O–H groups in total. The van der Waals surface area contributed by atoms with Gasteiger partial charge in [0.25, 0.3) is 11.8 Å². The zero-order valence-corrected chi connectivity index (χ0v) is 14.2. The topological polar surface area (TPSA) is 79.5 Å². The van der Waals surface area contributed by atoms with E-state index in [9.17, 15) is 9.59 Å². The second kappa shape index (κ2) is 8.42. The molecule has 0 aromatic heterocycles. The third-order valence-corrected chi connectivity index (χ3v) is 3.88. The monoisotopic (exact) mass is 367 g/mol. The third kappa shape index (κ3) is 4.53. The average molecular weight is 368 g/mol. The summed E-state index contributed by atoms with van der Waals surface area (Å²) >= 11 is 11.8. The molecule has 24 heavy (non-hydrogen) atoms. The molecular weight excluding hydrogens is 353 g/mol. The Morgan fingerprint density at radius 3 is 2.54 bits per heavy atom. The smallest absolute Gasteiger partial charge is 0.271 e. The number of hydrazine groups is 1. The largest absolute Gasteiger partial charge is 0.495 e. The van der Waals surface area contributed by atoms with Gasteiger partial charge in [-0.3, -0.25) is 20.4 Å². The van der Waals surface area contributed by atoms with Gasteiger partial charge in [0.15, 0.2) is 0 Å². The average Bonchev–Trinajstić information content (AvgIpc) is 2.60. The number of carbonyl (C=O) groups is 2. The van der Waals surface area contributed by atoms with Gasteiger partial charge in [0.2, 0.25) is 0 Å². The van der Waals surface area contributed by atoms with Gasteiger partial charge in [-0.15, -0.1) is 0 Å². The molecule has 0 saturated carbocycles. The maximum atomic E-state index is 12.0. The van der Waals surface area contributed by atoms with E-state index >= 15 is 0 Å². The highest BCUT2D eigenvalue weighted by molar-refractivity contribution is 6.43. The second-order valence-corrected chi connectivity index (χ2v) is 5.44. The zero-order valence-electron chi connectivity index (χ0n) is 12.7. The summed E-state index contributed by atoms with van der Waals surface area (Å²) in [5.41, 5.74) is 5.41. The maximum absolute atomic E-state index is 12.0. The number of para-hydroxylation sites is 2. The summed E-state index contributed by atoms with van der Waals surface area (Å²) in [7, 11) is 1.54. The van der Waals surface area contributed by atoms with Crippen LogP contribution < -0.4 is 20.9 Å². The van der Waals surface area contributed by atoms with Crippen molar-refractivity contribution >= 4 is 40.7 Å². The SMILES string of the molecule is COc1ccccc1NCC(=O)NNC(=O)c1cccc(Cl)c1Cl. The van der Waals surface area contributed by atoms with Crippen molar-refractivity contribution in [2.45, 2.75) is 0 Å². The normalized spacial score (nSPS) is 9.96. The van der Waals surface area contributed by atoms with Crippen molar-refractivity contribution in [3.8, 4) is 5.75 Å². The highest BCUT2D eigenvalue weighted by atomic mass is 35.5. The summed E-state index contributed by atoms with van der Waals surface area (Å²) in [6.45, 7) is -0.0517. The number of hydrogen-bond donors (Lipinski definition) is 3. The Hall–Kier alpha value is -2.44. The van der Waals surface area contributed by atoms with Crippen LogP contribution >= 0.6 is 23.2 Å². The minimum atomic E-state index is -0.562. The Morgan fingerprint density at radius 1 is 1.04 bits per heavy atom. The van der Waals surface area contributed by atoms with E-state index in [2.05, 4.69) is 16.2 Å². The van der Waals surface area contributed by atoms with Crippen LogP contribution in [0.25, 0.3) is 0 Å². The van der Waals surface area contributed by atoms with Gasteiger partial charge in [0.1, 0.15) is 5.75 Å². The van der Waals surface area contributed by atoms with Crippen molar-refractivity contribution in [3.63, 3.8) is 0 Å². The van der Waals surface area contributed by atoms with Gasteiger partial charge in [-0.25, -0.2) is 0 Å². The molecule has 0 bridgehead atoms. The van der Waals surface area contributed by atoms with Gasteiger partial charge < -0.3 is 10.1 Å². The van der Waals surface area contributed by atoms with Gasteiger partial charge in [-0.1, -0.05) is 41.4 Å². The molecule has 0 unspecified atom stereocenters. The lowest BCUT2D eigenvalue weighted by molar-refractivity contribution is -0.120. The molecule has 0 radical (unpaired) electrons. The first kappa shape index (κ1) is 17.9. The van der Waals surface area contributed by atoms with Gasteiger partial charge in [0.05, 0.1) is 35.0 Å². The van der Waals surface area contributed by atoms with Crippen LogP contribution in [-0.2, 0) is 4.79 Å². The molecule has 126 valence electrons. The summed E-state index contributed by atoms with van der Waals surface area (Å²) < 4.78 is 5.17. The molecule has 6 nitrogen and oxygen atoms in total. The van der Waals surface area contributed by atoms with Crippen LogP contribution in [0.5, 0.6) is 5.75 Å². The van der Waals surface area contributed by atoms with Crippen molar-refractivity contribution in [2.24, 2.45) is 0 Å². The van der Waals surface area contributed by atoms with Crippen LogP contribution in [0.1, 0.15) is 10.4 Å². The fourth-order valence-corrected chi connectivity index (χ4v) is 2.27. The van der Waals surface area contributed by atoms with Crippen molar-refractivity contribution in [2.75, 3.05) is 19.0 Å². The van der Waals surface area contributed by atoms with Crippen LogP contribution in [0.2, 0.25) is 10.0 Å². The highest BCUT2D eigenvalue weighted by Gasteiger charge is 2.13. The van der Waals surface area contributed by atoms with Crippen LogP contribution in [0.4, 0.5) is 5.69 Å². The van der Waals surface area contributed by atoms with Crippen LogP contribution in [0.3, 0.4) is 0 Å². The first-order valence-corrected chi connectivity index (χ1v) is 7.68. The van der Waals surface area contributed by atoms with E-state index in [0.717, 1.165) is 0 Å². The Kier molecular flexibility index (Phi) is 6.28. The lowest BCUT2D eigenvalue weighted by Crippen LogP contribution is -2.44. The number of carbonyl (C=O) groups excluding carboxylic acids is 2. The Morgan fingerprint density at radius 2 is 1.79 bits per heavy atom. The summed E-state index contributed by atoms with van der Waals surface area (Å²) in [6, 6.07) is 11.8. The van der Waals surface area contributed by atoms with Crippen molar-refractivity contribution in [1.29, 1.82) is 0 Å². The Balaban J connectivity index is 1.87. The van der Waals surface area contributed by atoms with Gasteiger partial charge in [0, 0.05) is 0 Å². The maximum Gasteiger partial charge on any atom is 0.271 e. The van der Waals surface area contributed by atoms with E-state index < -0.39 is 11.8 Å². The lowest BCUT2D eigenvalue weighted by Gasteiger charge is -2.12. The standard InChI is InChI=1S/C16H15Cl2N3O3/c1-24-13-8-3-2-7-12(13)19-9-14(22)20-21-16(23)10-5-4-6-11(17)15(10)18/h2-8,19H,9H2,1H3,(H,20,22)(H,21,23). The molecule has 0 spiro atoms. The van der Waals surface area contributed by atoms with E-state index in [4.69, 9.17) is 27.9 Å². The molecule has 0 fully saturated rings. The molecule has 8 heteroatoms. The number of nitrogens with one attached hydrogen (secondary N) is 3. The van der Waals surface area contributed by atoms with Gasteiger partial charge >= 0.3 is 0 Å². The molecule has 0 heterocycles. The molecule has 2 amide bonds. The quantitative estimate of drug-likeness (QED) is 0.709. The van der Waals surface area contributed by atoms with E-state index in [0.29, 0.717) is 11.4 Å². The minimum absolute atomic E-state index is 0.0517. The molecule has 0 atom stereocenters. The molecule has 0 aliphatic heterocycles. The zero-order chi connectivity index (χ0) is 17.5. The van der Waals surface area contributed by atoms with Crippen LogP contribution in [0.15, 0.2) is 42.5 Å². The molecule has 2 aromatic rings. The number of methoxy groups -OCH3 is 1. The lowest BCUT2D eigenvalue weighted by atomic mass is 10.2. The Labute approximate surface area is 149 Å². The number of halogens is 2. The van der Waals surface area contributed by atoms with Gasteiger partial charge in [-0.05, 0) is 24.3 Å². The second-order valence-electron chi connectivity index (χ2n) is 4.66. The minimum Gasteiger partial charge on any atom is -0.495 e. The fraction of sp³-hybridized carbons (Fsp3) is 0.125. The van der Waals surface area contributed by atoms with Crippen molar-refractivity contribution in [3.05, 3.63) is 58.1 Å². The van der Waals surface area contributed by atoms with E-state index in [-0.39, 0.29) is 22.2 Å². The molecular formula is C16H15Cl2N3O3. The summed E-state index contributed by atoms with van der Waals surface area (Å²) in [4.78, 5) is 23.8. The summed E-state index contributed by atoms with van der Waals surface area (Å²) in [6.07, 6.45) is 0.